The molecule has 2 heteroatoms. The zero-order chi connectivity index (χ0) is 11.0. The van der Waals surface area contributed by atoms with Gasteiger partial charge in [0.25, 0.3) is 0 Å². The maximum Gasteiger partial charge on any atom is 0.126 e. The van der Waals surface area contributed by atoms with Crippen LogP contribution in [-0.2, 0) is 12.8 Å². The third-order valence-electron chi connectivity index (χ3n) is 4.07. The van der Waals surface area contributed by atoms with E-state index in [1.807, 2.05) is 0 Å². The fourth-order valence-electron chi connectivity index (χ4n) is 3.08. The predicted octanol–water partition coefficient (Wildman–Crippen LogP) is 3.31. The van der Waals surface area contributed by atoms with Gasteiger partial charge in [-0.3, -0.25) is 0 Å². The Balaban J connectivity index is 1.80. The van der Waals surface area contributed by atoms with Gasteiger partial charge in [-0.15, -0.1) is 0 Å². The second-order valence-electron chi connectivity index (χ2n) is 5.55. The molecule has 1 aromatic heterocycles. The summed E-state index contributed by atoms with van der Waals surface area (Å²) >= 11 is 0. The van der Waals surface area contributed by atoms with Crippen LogP contribution in [0.25, 0.3) is 0 Å². The zero-order valence-electron chi connectivity index (χ0n) is 10.1. The third kappa shape index (κ3) is 1.81. The van der Waals surface area contributed by atoms with Crippen molar-refractivity contribution in [2.24, 2.45) is 0 Å². The highest BCUT2D eigenvalue weighted by molar-refractivity contribution is 5.42. The molecular weight excluding hydrogens is 196 g/mol. The summed E-state index contributed by atoms with van der Waals surface area (Å²) in [5.41, 5.74) is 3.08. The average molecular weight is 216 g/mol. The molecule has 3 rings (SSSR count). The van der Waals surface area contributed by atoms with Crippen LogP contribution in [0.3, 0.4) is 0 Å². The molecule has 0 atom stereocenters. The van der Waals surface area contributed by atoms with E-state index in [1.54, 1.807) is 0 Å². The van der Waals surface area contributed by atoms with E-state index in [4.69, 9.17) is 4.98 Å². The molecular formula is C14H20N2. The monoisotopic (exact) mass is 216 g/mol. The van der Waals surface area contributed by atoms with Crippen molar-refractivity contribution < 1.29 is 0 Å². The molecule has 1 fully saturated rings. The molecule has 0 amide bonds. The molecule has 0 spiro atoms. The van der Waals surface area contributed by atoms with Gasteiger partial charge in [0.15, 0.2) is 0 Å². The quantitative estimate of drug-likeness (QED) is 0.820. The Bertz CT molecular complexity index is 392. The van der Waals surface area contributed by atoms with Gasteiger partial charge in [-0.1, -0.05) is 18.9 Å². The Morgan fingerprint density at radius 1 is 1.12 bits per heavy atom. The second kappa shape index (κ2) is 3.76. The first-order chi connectivity index (χ1) is 7.75. The predicted molar refractivity (Wildman–Crippen MR) is 66.8 cm³/mol. The minimum atomic E-state index is 0.292. The minimum Gasteiger partial charge on any atom is -0.365 e. The fourth-order valence-corrected chi connectivity index (χ4v) is 3.08. The maximum absolute atomic E-state index is 4.75. The fraction of sp³-hybridized carbons (Fsp3) is 0.643. The van der Waals surface area contributed by atoms with Gasteiger partial charge in [0, 0.05) is 11.2 Å². The Hall–Kier alpha value is -1.05. The summed E-state index contributed by atoms with van der Waals surface area (Å²) in [5, 5.41) is 3.64. The van der Waals surface area contributed by atoms with Gasteiger partial charge in [0.2, 0.25) is 0 Å². The van der Waals surface area contributed by atoms with Crippen LogP contribution in [0.15, 0.2) is 12.1 Å². The number of hydrogen-bond donors (Lipinski definition) is 1. The topological polar surface area (TPSA) is 24.9 Å². The van der Waals surface area contributed by atoms with Crippen LogP contribution in [-0.4, -0.2) is 10.5 Å². The van der Waals surface area contributed by atoms with Gasteiger partial charge in [-0.05, 0) is 50.7 Å². The van der Waals surface area contributed by atoms with Crippen molar-refractivity contribution in [3.63, 3.8) is 0 Å². The molecule has 2 nitrogen and oxygen atoms in total. The lowest BCUT2D eigenvalue weighted by Crippen LogP contribution is -2.31. The molecule has 1 saturated carbocycles. The van der Waals surface area contributed by atoms with Crippen molar-refractivity contribution in [2.45, 2.75) is 57.4 Å². The van der Waals surface area contributed by atoms with Gasteiger partial charge < -0.3 is 5.32 Å². The first kappa shape index (κ1) is 10.1. The number of rotatable bonds is 2. The average Bonchev–Trinajstić information content (AvgIpc) is 2.86. The van der Waals surface area contributed by atoms with E-state index in [1.165, 1.54) is 56.2 Å². The van der Waals surface area contributed by atoms with Crippen molar-refractivity contribution in [3.8, 4) is 0 Å². The van der Waals surface area contributed by atoms with Gasteiger partial charge in [0.1, 0.15) is 5.82 Å². The zero-order valence-corrected chi connectivity index (χ0v) is 10.1. The van der Waals surface area contributed by atoms with Crippen LogP contribution in [0, 0.1) is 0 Å². The van der Waals surface area contributed by atoms with Crippen molar-refractivity contribution >= 4 is 5.82 Å². The van der Waals surface area contributed by atoms with Gasteiger partial charge >= 0.3 is 0 Å². The molecule has 0 bridgehead atoms. The highest BCUT2D eigenvalue weighted by Crippen LogP contribution is 2.32. The summed E-state index contributed by atoms with van der Waals surface area (Å²) in [6.07, 6.45) is 8.95. The number of anilines is 1. The summed E-state index contributed by atoms with van der Waals surface area (Å²) in [7, 11) is 0. The van der Waals surface area contributed by atoms with Crippen molar-refractivity contribution in [2.75, 3.05) is 5.32 Å². The molecule has 16 heavy (non-hydrogen) atoms. The molecule has 86 valence electrons. The Labute approximate surface area is 97.5 Å². The molecule has 1 aromatic rings. The summed E-state index contributed by atoms with van der Waals surface area (Å²) in [6.45, 7) is 2.33. The van der Waals surface area contributed by atoms with Crippen LogP contribution < -0.4 is 5.32 Å². The summed E-state index contributed by atoms with van der Waals surface area (Å²) in [4.78, 5) is 4.75. The van der Waals surface area contributed by atoms with Crippen LogP contribution >= 0.6 is 0 Å². The van der Waals surface area contributed by atoms with E-state index in [0.29, 0.717) is 5.54 Å². The van der Waals surface area contributed by atoms with E-state index in [0.717, 1.165) is 5.82 Å². The van der Waals surface area contributed by atoms with E-state index < -0.39 is 0 Å². The van der Waals surface area contributed by atoms with E-state index in [-0.39, 0.29) is 0 Å². The molecule has 1 heterocycles. The molecule has 2 aliphatic rings. The largest absolute Gasteiger partial charge is 0.365 e. The molecule has 0 radical (unpaired) electrons. The number of pyridine rings is 1. The lowest BCUT2D eigenvalue weighted by atomic mass is 10.0. The smallest absolute Gasteiger partial charge is 0.126 e. The third-order valence-corrected chi connectivity index (χ3v) is 4.07. The highest BCUT2D eigenvalue weighted by atomic mass is 15.1. The minimum absolute atomic E-state index is 0.292. The lowest BCUT2D eigenvalue weighted by molar-refractivity contribution is 0.531. The number of fused-ring (bicyclic) bond motifs is 1. The van der Waals surface area contributed by atoms with Crippen LogP contribution in [0.5, 0.6) is 0 Å². The second-order valence-corrected chi connectivity index (χ2v) is 5.55. The molecule has 0 saturated heterocycles. The van der Waals surface area contributed by atoms with Crippen LogP contribution in [0.1, 0.15) is 50.3 Å². The first-order valence-corrected chi connectivity index (χ1v) is 6.52. The Morgan fingerprint density at radius 2 is 1.94 bits per heavy atom. The van der Waals surface area contributed by atoms with Gasteiger partial charge in [-0.2, -0.15) is 0 Å². The summed E-state index contributed by atoms with van der Waals surface area (Å²) in [6, 6.07) is 4.42. The summed E-state index contributed by atoms with van der Waals surface area (Å²) < 4.78 is 0. The van der Waals surface area contributed by atoms with Crippen molar-refractivity contribution in [1.82, 2.24) is 4.98 Å². The first-order valence-electron chi connectivity index (χ1n) is 6.52. The normalized spacial score (nSPS) is 22.1. The van der Waals surface area contributed by atoms with Gasteiger partial charge in [0.05, 0.1) is 0 Å². The standard InChI is InChI=1S/C14H20N2/c1-14(9-2-3-10-14)16-13-8-7-11-5-4-6-12(11)15-13/h7-8H,2-6,9-10H2,1H3,(H,15,16). The van der Waals surface area contributed by atoms with Gasteiger partial charge in [-0.25, -0.2) is 4.98 Å². The maximum atomic E-state index is 4.75. The van der Waals surface area contributed by atoms with E-state index in [2.05, 4.69) is 24.4 Å². The number of aromatic nitrogens is 1. The number of nitrogens with zero attached hydrogens (tertiary/aromatic N) is 1. The summed E-state index contributed by atoms with van der Waals surface area (Å²) in [5.74, 6) is 1.09. The number of nitrogens with one attached hydrogen (secondary N) is 1. The molecule has 0 aliphatic heterocycles. The Morgan fingerprint density at radius 3 is 2.75 bits per heavy atom. The lowest BCUT2D eigenvalue weighted by Gasteiger charge is -2.26. The van der Waals surface area contributed by atoms with Crippen LogP contribution in [0.2, 0.25) is 0 Å². The molecule has 0 unspecified atom stereocenters. The molecule has 2 aliphatic carbocycles. The van der Waals surface area contributed by atoms with E-state index >= 15 is 0 Å². The number of aryl methyl sites for hydroxylation is 2. The highest BCUT2D eigenvalue weighted by Gasteiger charge is 2.28. The van der Waals surface area contributed by atoms with Crippen molar-refractivity contribution in [3.05, 3.63) is 23.4 Å². The SMILES string of the molecule is CC1(Nc2ccc3c(n2)CCC3)CCCC1. The Kier molecular flexibility index (Phi) is 2.38. The van der Waals surface area contributed by atoms with E-state index in [9.17, 15) is 0 Å². The van der Waals surface area contributed by atoms with Crippen molar-refractivity contribution in [1.29, 1.82) is 0 Å². The molecule has 1 N–H and O–H groups in total. The number of hydrogen-bond acceptors (Lipinski definition) is 2. The molecule has 0 aromatic carbocycles. The van der Waals surface area contributed by atoms with Crippen LogP contribution in [0.4, 0.5) is 5.82 Å².